The summed E-state index contributed by atoms with van der Waals surface area (Å²) in [6, 6.07) is 11.3. The van der Waals surface area contributed by atoms with Gasteiger partial charge in [-0.1, -0.05) is 30.0 Å². The number of benzene rings is 1. The Balaban J connectivity index is 1.32. The number of methoxy groups -OCH3 is 1. The summed E-state index contributed by atoms with van der Waals surface area (Å²) in [6.45, 7) is 0. The van der Waals surface area contributed by atoms with Crippen LogP contribution in [-0.2, 0) is 9.53 Å². The largest absolute Gasteiger partial charge is 0.501 e. The smallest absolute Gasteiger partial charge is 0.277 e. The van der Waals surface area contributed by atoms with Crippen LogP contribution in [0, 0.1) is 0 Å². The van der Waals surface area contributed by atoms with Crippen molar-refractivity contribution in [2.24, 2.45) is 5.10 Å². The molecule has 0 bridgehead atoms. The molecule has 1 atom stereocenters. The zero-order valence-corrected chi connectivity index (χ0v) is 20.7. The second-order valence-corrected chi connectivity index (χ2v) is 9.66. The maximum absolute atomic E-state index is 13.2. The van der Waals surface area contributed by atoms with Gasteiger partial charge < -0.3 is 9.15 Å². The number of aromatic nitrogens is 4. The average molecular weight is 519 g/mol. The lowest BCUT2D eigenvalue weighted by Crippen LogP contribution is -2.22. The average Bonchev–Trinajstić information content (AvgIpc) is 3.53. The number of hydrogen-bond acceptors (Lipinski definition) is 9. The molecular formula is C25H19ClN6O3S. The number of para-hydroxylation sites is 1. The molecule has 2 aliphatic rings. The highest BCUT2D eigenvalue weighted by Crippen LogP contribution is 2.44. The van der Waals surface area contributed by atoms with Crippen LogP contribution in [0.5, 0.6) is 0 Å². The highest BCUT2D eigenvalue weighted by atomic mass is 35.5. The van der Waals surface area contributed by atoms with Crippen molar-refractivity contribution < 1.29 is 13.9 Å². The van der Waals surface area contributed by atoms with E-state index in [2.05, 4.69) is 15.2 Å². The SMILES string of the molecule is COC1=Cc2c(nc3ccccc3c2N2N=C(CSc3nnc(-c4ccncc4)o3)CC2=O)C(Cl)C1. The number of rotatable bonds is 6. The van der Waals surface area contributed by atoms with Gasteiger partial charge in [-0.2, -0.15) is 10.1 Å². The first-order valence-corrected chi connectivity index (χ1v) is 12.6. The number of carbonyl (C=O) groups excluding carboxylic acids is 1. The van der Waals surface area contributed by atoms with Gasteiger partial charge in [-0.05, 0) is 24.3 Å². The number of halogens is 1. The van der Waals surface area contributed by atoms with Crippen LogP contribution in [0.15, 0.2) is 69.3 Å². The van der Waals surface area contributed by atoms with Gasteiger partial charge >= 0.3 is 0 Å². The Bertz CT molecular complexity index is 1540. The Morgan fingerprint density at radius 3 is 2.86 bits per heavy atom. The number of anilines is 1. The summed E-state index contributed by atoms with van der Waals surface area (Å²) in [5.41, 5.74) is 4.38. The van der Waals surface area contributed by atoms with Gasteiger partial charge in [-0.15, -0.1) is 21.8 Å². The summed E-state index contributed by atoms with van der Waals surface area (Å²) in [6.07, 6.45) is 5.95. The number of amides is 1. The van der Waals surface area contributed by atoms with E-state index in [1.807, 2.05) is 30.3 Å². The van der Waals surface area contributed by atoms with E-state index in [4.69, 9.17) is 30.8 Å². The molecule has 0 saturated carbocycles. The Morgan fingerprint density at radius 2 is 2.03 bits per heavy atom. The predicted molar refractivity (Wildman–Crippen MR) is 138 cm³/mol. The van der Waals surface area contributed by atoms with Crippen LogP contribution in [0.25, 0.3) is 28.4 Å². The van der Waals surface area contributed by atoms with Gasteiger partial charge in [0, 0.05) is 41.1 Å². The van der Waals surface area contributed by atoms with E-state index in [0.29, 0.717) is 40.4 Å². The van der Waals surface area contributed by atoms with Crippen molar-refractivity contribution in [1.29, 1.82) is 0 Å². The van der Waals surface area contributed by atoms with E-state index in [1.165, 1.54) is 16.8 Å². The molecule has 36 heavy (non-hydrogen) atoms. The summed E-state index contributed by atoms with van der Waals surface area (Å²) in [7, 11) is 1.61. The van der Waals surface area contributed by atoms with E-state index in [-0.39, 0.29) is 17.7 Å². The molecule has 1 aliphatic heterocycles. The molecule has 11 heteroatoms. The normalized spacial score (nSPS) is 17.2. The molecule has 0 N–H and O–H groups in total. The van der Waals surface area contributed by atoms with Gasteiger partial charge in [0.15, 0.2) is 0 Å². The third-order valence-corrected chi connectivity index (χ3v) is 7.17. The zero-order chi connectivity index (χ0) is 24.6. The molecule has 1 amide bonds. The maximum atomic E-state index is 13.2. The van der Waals surface area contributed by atoms with Crippen molar-refractivity contribution >= 4 is 57.6 Å². The van der Waals surface area contributed by atoms with Crippen molar-refractivity contribution in [3.63, 3.8) is 0 Å². The van der Waals surface area contributed by atoms with Gasteiger partial charge in [0.05, 0.1) is 47.3 Å². The Kier molecular flexibility index (Phi) is 5.90. The monoisotopic (exact) mass is 518 g/mol. The van der Waals surface area contributed by atoms with Gasteiger partial charge in [-0.3, -0.25) is 14.8 Å². The Labute approximate surface area is 215 Å². The summed E-state index contributed by atoms with van der Waals surface area (Å²) in [5, 5.41) is 15.2. The standard InChI is InChI=1S/C25H19ClN6O3S/c1-34-16-11-18-22(19(26)12-16)28-20-5-3-2-4-17(20)23(18)32-21(33)10-15(31-32)13-36-25-30-29-24(35-25)14-6-8-27-9-7-14/h2-9,11,19H,10,12-13H2,1H3. The summed E-state index contributed by atoms with van der Waals surface area (Å²) in [5.74, 6) is 1.45. The minimum Gasteiger partial charge on any atom is -0.501 e. The summed E-state index contributed by atoms with van der Waals surface area (Å²) < 4.78 is 11.2. The highest BCUT2D eigenvalue weighted by Gasteiger charge is 2.33. The van der Waals surface area contributed by atoms with Crippen LogP contribution in [0.2, 0.25) is 0 Å². The molecule has 1 aromatic carbocycles. The molecule has 9 nitrogen and oxygen atoms in total. The first kappa shape index (κ1) is 22.7. The molecule has 0 radical (unpaired) electrons. The second-order valence-electron chi connectivity index (χ2n) is 8.21. The number of allylic oxidation sites excluding steroid dienone is 1. The molecule has 3 aromatic heterocycles. The van der Waals surface area contributed by atoms with Crippen LogP contribution in [-0.4, -0.2) is 44.6 Å². The highest BCUT2D eigenvalue weighted by molar-refractivity contribution is 7.99. The summed E-state index contributed by atoms with van der Waals surface area (Å²) in [4.78, 5) is 22.0. The van der Waals surface area contributed by atoms with Crippen LogP contribution >= 0.6 is 23.4 Å². The van der Waals surface area contributed by atoms with E-state index < -0.39 is 0 Å². The lowest BCUT2D eigenvalue weighted by atomic mass is 9.96. The number of hydrogen-bond donors (Lipinski definition) is 0. The Morgan fingerprint density at radius 1 is 1.19 bits per heavy atom. The van der Waals surface area contributed by atoms with Gasteiger partial charge in [-0.25, -0.2) is 0 Å². The number of ether oxygens (including phenoxy) is 1. The van der Waals surface area contributed by atoms with Crippen molar-refractivity contribution in [1.82, 2.24) is 20.2 Å². The van der Waals surface area contributed by atoms with Gasteiger partial charge in [0.1, 0.15) is 0 Å². The summed E-state index contributed by atoms with van der Waals surface area (Å²) >= 11 is 8.01. The van der Waals surface area contributed by atoms with E-state index in [9.17, 15) is 4.79 Å². The fourth-order valence-electron chi connectivity index (χ4n) is 4.23. The van der Waals surface area contributed by atoms with Gasteiger partial charge in [0.2, 0.25) is 5.89 Å². The lowest BCUT2D eigenvalue weighted by molar-refractivity contribution is -0.116. The number of thioether (sulfide) groups is 1. The van der Waals surface area contributed by atoms with E-state index in [1.54, 1.807) is 31.6 Å². The van der Waals surface area contributed by atoms with Crippen molar-refractivity contribution in [2.75, 3.05) is 17.9 Å². The lowest BCUT2D eigenvalue weighted by Gasteiger charge is -2.25. The van der Waals surface area contributed by atoms with Gasteiger partial charge in [0.25, 0.3) is 11.1 Å². The molecule has 1 aliphatic carbocycles. The molecule has 4 aromatic rings. The van der Waals surface area contributed by atoms with Crippen molar-refractivity contribution in [3.05, 3.63) is 65.8 Å². The molecular weight excluding hydrogens is 500 g/mol. The maximum Gasteiger partial charge on any atom is 0.277 e. The number of nitrogens with zero attached hydrogens (tertiary/aromatic N) is 6. The van der Waals surface area contributed by atoms with Crippen LogP contribution in [0.4, 0.5) is 5.69 Å². The van der Waals surface area contributed by atoms with Crippen LogP contribution in [0.1, 0.15) is 29.5 Å². The first-order valence-electron chi connectivity index (χ1n) is 11.2. The topological polar surface area (TPSA) is 107 Å². The number of fused-ring (bicyclic) bond motifs is 2. The first-order chi connectivity index (χ1) is 17.6. The quantitative estimate of drug-likeness (QED) is 0.252. The molecule has 0 spiro atoms. The van der Waals surface area contributed by atoms with Crippen LogP contribution in [0.3, 0.4) is 0 Å². The van der Waals surface area contributed by atoms with Crippen molar-refractivity contribution in [2.45, 2.75) is 23.4 Å². The molecule has 0 fully saturated rings. The fourth-order valence-corrected chi connectivity index (χ4v) is 5.24. The number of pyridine rings is 2. The minimum absolute atomic E-state index is 0.129. The molecule has 4 heterocycles. The predicted octanol–water partition coefficient (Wildman–Crippen LogP) is 5.24. The molecule has 6 rings (SSSR count). The molecule has 0 saturated heterocycles. The number of carbonyl (C=O) groups is 1. The third-order valence-electron chi connectivity index (χ3n) is 5.92. The third kappa shape index (κ3) is 4.12. The zero-order valence-electron chi connectivity index (χ0n) is 19.1. The van der Waals surface area contributed by atoms with E-state index >= 15 is 0 Å². The number of hydrazone groups is 1. The van der Waals surface area contributed by atoms with Crippen molar-refractivity contribution in [3.8, 4) is 11.5 Å². The number of alkyl halides is 1. The van der Waals surface area contributed by atoms with Crippen LogP contribution < -0.4 is 5.01 Å². The fraction of sp³-hybridized carbons (Fsp3) is 0.200. The molecule has 180 valence electrons. The van der Waals surface area contributed by atoms with E-state index in [0.717, 1.165) is 27.8 Å². The Hall–Kier alpha value is -3.76. The molecule has 1 unspecified atom stereocenters. The second kappa shape index (κ2) is 9.36. The minimum atomic E-state index is -0.368.